The minimum absolute atomic E-state index is 0.0669. The van der Waals surface area contributed by atoms with Gasteiger partial charge in [-0.3, -0.25) is 0 Å². The Bertz CT molecular complexity index is 252. The number of aldehydes is 1. The average molecular weight is 319 g/mol. The van der Waals surface area contributed by atoms with Gasteiger partial charge in [0.25, 0.3) is 0 Å². The average Bonchev–Trinajstić information content (AvgIpc) is 2.36. The summed E-state index contributed by atoms with van der Waals surface area (Å²) in [6, 6.07) is 3.33. The van der Waals surface area contributed by atoms with E-state index in [1.807, 2.05) is 18.2 Å². The Labute approximate surface area is 114 Å². The van der Waals surface area contributed by atoms with Gasteiger partial charge >= 0.3 is 0 Å². The molecule has 0 aliphatic rings. The van der Waals surface area contributed by atoms with Crippen LogP contribution >= 0.6 is 15.9 Å². The van der Waals surface area contributed by atoms with Gasteiger partial charge in [0.2, 0.25) is 0 Å². The van der Waals surface area contributed by atoms with E-state index in [9.17, 15) is 4.79 Å². The molecule has 4 heteroatoms. The molecule has 0 aromatic carbocycles. The maximum atomic E-state index is 10.7. The summed E-state index contributed by atoms with van der Waals surface area (Å²) in [6.07, 6.45) is 7.09. The predicted molar refractivity (Wildman–Crippen MR) is 80.0 cm³/mol. The summed E-state index contributed by atoms with van der Waals surface area (Å²) in [6.45, 7) is 6.58. The van der Waals surface area contributed by atoms with Gasteiger partial charge in [0.1, 0.15) is 6.29 Å². The molecule has 2 nitrogen and oxygen atoms in total. The molecule has 0 unspecified atom stereocenters. The first kappa shape index (κ1) is 16.8. The molecule has 0 heterocycles. The highest BCUT2D eigenvalue weighted by molar-refractivity contribution is 9.11. The van der Waals surface area contributed by atoms with Gasteiger partial charge in [0.05, 0.1) is 6.10 Å². The monoisotopic (exact) mass is 318 g/mol. The highest BCUT2D eigenvalue weighted by Crippen LogP contribution is 2.24. The first-order valence-corrected chi connectivity index (χ1v) is 9.67. The summed E-state index contributed by atoms with van der Waals surface area (Å²) in [5, 5.41) is 0. The molecular formula is C13H23BrO2Si. The molecule has 0 aromatic heterocycles. The third-order valence-electron chi connectivity index (χ3n) is 3.17. The lowest BCUT2D eigenvalue weighted by atomic mass is 10.2. The molecule has 0 rings (SSSR count). The van der Waals surface area contributed by atoms with Gasteiger partial charge < -0.3 is 9.22 Å². The largest absolute Gasteiger partial charge is 0.410 e. The van der Waals surface area contributed by atoms with E-state index in [4.69, 9.17) is 4.43 Å². The Kier molecular flexibility index (Phi) is 9.69. The maximum absolute atomic E-state index is 10.7. The zero-order chi connectivity index (χ0) is 13.1. The quantitative estimate of drug-likeness (QED) is 0.357. The van der Waals surface area contributed by atoms with Crippen molar-refractivity contribution in [2.75, 3.05) is 0 Å². The van der Waals surface area contributed by atoms with Crippen LogP contribution in [0.3, 0.4) is 0 Å². The fourth-order valence-corrected chi connectivity index (χ4v) is 4.81. The Morgan fingerprint density at radius 2 is 1.76 bits per heavy atom. The number of halogens is 1. The topological polar surface area (TPSA) is 26.3 Å². The molecule has 0 radical (unpaired) electrons. The van der Waals surface area contributed by atoms with Crippen molar-refractivity contribution in [1.82, 2.24) is 0 Å². The Morgan fingerprint density at radius 3 is 2.18 bits per heavy atom. The van der Waals surface area contributed by atoms with Crippen LogP contribution in [0.5, 0.6) is 0 Å². The SMILES string of the molecule is CC[Si](CC)(CC)O[C@@H](/C=C/C=C/Br)CC=O. The van der Waals surface area contributed by atoms with Crippen molar-refractivity contribution < 1.29 is 9.22 Å². The van der Waals surface area contributed by atoms with Crippen LogP contribution in [0.2, 0.25) is 18.1 Å². The van der Waals surface area contributed by atoms with E-state index in [1.54, 1.807) is 4.99 Å². The maximum Gasteiger partial charge on any atom is 0.192 e. The number of carbonyl (C=O) groups excluding carboxylic acids is 1. The van der Waals surface area contributed by atoms with Crippen molar-refractivity contribution in [1.29, 1.82) is 0 Å². The second-order valence-corrected chi connectivity index (χ2v) is 9.26. The second-order valence-electron chi connectivity index (χ2n) is 4.01. The molecule has 0 spiro atoms. The lowest BCUT2D eigenvalue weighted by molar-refractivity contribution is -0.108. The van der Waals surface area contributed by atoms with Crippen LogP contribution in [0.4, 0.5) is 0 Å². The molecule has 0 saturated heterocycles. The van der Waals surface area contributed by atoms with E-state index < -0.39 is 8.32 Å². The van der Waals surface area contributed by atoms with E-state index in [0.29, 0.717) is 6.42 Å². The summed E-state index contributed by atoms with van der Waals surface area (Å²) in [4.78, 5) is 12.5. The number of hydrogen-bond acceptors (Lipinski definition) is 2. The Morgan fingerprint density at radius 1 is 1.18 bits per heavy atom. The molecule has 0 N–H and O–H groups in total. The van der Waals surface area contributed by atoms with Crippen molar-refractivity contribution in [2.45, 2.75) is 51.4 Å². The van der Waals surface area contributed by atoms with E-state index in [1.165, 1.54) is 0 Å². The Hall–Kier alpha value is -0.193. The van der Waals surface area contributed by atoms with Gasteiger partial charge in [-0.1, -0.05) is 54.9 Å². The molecule has 0 aliphatic heterocycles. The van der Waals surface area contributed by atoms with Crippen LogP contribution in [0.25, 0.3) is 0 Å². The van der Waals surface area contributed by atoms with Crippen molar-refractivity contribution in [3.05, 3.63) is 23.2 Å². The van der Waals surface area contributed by atoms with Gasteiger partial charge in [0.15, 0.2) is 8.32 Å². The summed E-state index contributed by atoms with van der Waals surface area (Å²) in [7, 11) is -1.62. The highest BCUT2D eigenvalue weighted by atomic mass is 79.9. The van der Waals surface area contributed by atoms with Gasteiger partial charge in [-0.25, -0.2) is 0 Å². The van der Waals surface area contributed by atoms with Crippen LogP contribution in [0.1, 0.15) is 27.2 Å². The predicted octanol–water partition coefficient (Wildman–Crippen LogP) is 4.43. The van der Waals surface area contributed by atoms with Crippen LogP contribution in [0, 0.1) is 0 Å². The second kappa shape index (κ2) is 9.80. The third kappa shape index (κ3) is 6.34. The minimum Gasteiger partial charge on any atom is -0.410 e. The van der Waals surface area contributed by atoms with Crippen LogP contribution < -0.4 is 0 Å². The van der Waals surface area contributed by atoms with Gasteiger partial charge in [-0.05, 0) is 23.1 Å². The number of rotatable bonds is 9. The summed E-state index contributed by atoms with van der Waals surface area (Å²) in [5.74, 6) is 0. The zero-order valence-electron chi connectivity index (χ0n) is 11.0. The van der Waals surface area contributed by atoms with E-state index in [2.05, 4.69) is 36.7 Å². The first-order valence-electron chi connectivity index (χ1n) is 6.23. The number of hydrogen-bond donors (Lipinski definition) is 0. The summed E-state index contributed by atoms with van der Waals surface area (Å²) >= 11 is 3.21. The molecule has 17 heavy (non-hydrogen) atoms. The standard InChI is InChI=1S/C13H23BrO2Si/c1-4-17(5-2,6-3)16-13(10-12-15)9-7-8-11-14/h7-9,11-13H,4-6,10H2,1-3H3/b9-7+,11-8+/t13-/m0/s1. The van der Waals surface area contributed by atoms with E-state index in [0.717, 1.165) is 24.4 Å². The molecule has 0 fully saturated rings. The third-order valence-corrected chi connectivity index (χ3v) is 8.15. The molecular weight excluding hydrogens is 296 g/mol. The van der Waals surface area contributed by atoms with Gasteiger partial charge in [-0.2, -0.15) is 0 Å². The lowest BCUT2D eigenvalue weighted by Crippen LogP contribution is -2.39. The van der Waals surface area contributed by atoms with Crippen molar-refractivity contribution >= 4 is 30.5 Å². The van der Waals surface area contributed by atoms with Crippen LogP contribution in [-0.4, -0.2) is 20.7 Å². The zero-order valence-corrected chi connectivity index (χ0v) is 13.6. The van der Waals surface area contributed by atoms with E-state index in [-0.39, 0.29) is 6.10 Å². The lowest BCUT2D eigenvalue weighted by Gasteiger charge is -2.31. The van der Waals surface area contributed by atoms with E-state index >= 15 is 0 Å². The molecule has 98 valence electrons. The van der Waals surface area contributed by atoms with Crippen LogP contribution in [-0.2, 0) is 9.22 Å². The van der Waals surface area contributed by atoms with Crippen molar-refractivity contribution in [2.24, 2.45) is 0 Å². The molecule has 0 bridgehead atoms. The fraction of sp³-hybridized carbons (Fsp3) is 0.615. The highest BCUT2D eigenvalue weighted by Gasteiger charge is 2.30. The van der Waals surface area contributed by atoms with Crippen LogP contribution in [0.15, 0.2) is 23.2 Å². The van der Waals surface area contributed by atoms with Crippen molar-refractivity contribution in [3.63, 3.8) is 0 Å². The molecule has 0 saturated carbocycles. The number of allylic oxidation sites excluding steroid dienone is 2. The summed E-state index contributed by atoms with van der Waals surface area (Å²) < 4.78 is 6.24. The fourth-order valence-electron chi connectivity index (χ4n) is 1.81. The van der Waals surface area contributed by atoms with Gasteiger partial charge in [0, 0.05) is 6.42 Å². The first-order chi connectivity index (χ1) is 8.17. The van der Waals surface area contributed by atoms with Gasteiger partial charge in [-0.15, -0.1) is 0 Å². The molecule has 0 aromatic rings. The smallest absolute Gasteiger partial charge is 0.192 e. The molecule has 1 atom stereocenters. The normalized spacial score (nSPS) is 14.6. The molecule has 0 aliphatic carbocycles. The number of carbonyl (C=O) groups is 1. The van der Waals surface area contributed by atoms with Crippen molar-refractivity contribution in [3.8, 4) is 0 Å². The summed E-state index contributed by atoms with van der Waals surface area (Å²) in [5.41, 5.74) is 0. The Balaban J connectivity index is 4.65. The molecule has 0 amide bonds. The minimum atomic E-state index is -1.62.